The molecule has 4 fully saturated rings. The molecule has 0 radical (unpaired) electrons. The second kappa shape index (κ2) is 40.8. The molecular formula is C103H125ClN16O5. The van der Waals surface area contributed by atoms with Crippen LogP contribution in [0.15, 0.2) is 122 Å². The summed E-state index contributed by atoms with van der Waals surface area (Å²) in [5.41, 5.74) is 20.8. The number of allylic oxidation sites excluding steroid dienone is 4. The van der Waals surface area contributed by atoms with Crippen molar-refractivity contribution in [2.24, 2.45) is 21.7 Å². The molecule has 8 aromatic rings. The number of hydrogen-bond acceptors (Lipinski definition) is 21. The van der Waals surface area contributed by atoms with Crippen LogP contribution in [-0.4, -0.2) is 142 Å². The minimum atomic E-state index is -0.274. The van der Waals surface area contributed by atoms with E-state index in [0.29, 0.717) is 75.9 Å². The fourth-order valence-electron chi connectivity index (χ4n) is 18.8. The molecule has 21 nitrogen and oxygen atoms in total. The van der Waals surface area contributed by atoms with E-state index in [1.165, 1.54) is 77.9 Å². The van der Waals surface area contributed by atoms with Gasteiger partial charge in [-0.05, 0) is 249 Å². The Morgan fingerprint density at radius 3 is 1.14 bits per heavy atom. The van der Waals surface area contributed by atoms with Crippen molar-refractivity contribution in [2.75, 3.05) is 75.8 Å². The topological polar surface area (TPSA) is 290 Å². The third-order valence-electron chi connectivity index (χ3n) is 26.4. The van der Waals surface area contributed by atoms with Crippen LogP contribution in [0.4, 0.5) is 47.1 Å². The monoisotopic (exact) mass is 1700 g/mol. The molecule has 0 spiro atoms. The van der Waals surface area contributed by atoms with Crippen LogP contribution in [0, 0.1) is 84.9 Å². The molecule has 0 amide bonds. The van der Waals surface area contributed by atoms with E-state index >= 15 is 0 Å². The van der Waals surface area contributed by atoms with Gasteiger partial charge in [-0.25, -0.2) is 19.9 Å². The van der Waals surface area contributed by atoms with E-state index in [9.17, 15) is 20.4 Å². The zero-order chi connectivity index (χ0) is 88.7. The van der Waals surface area contributed by atoms with Gasteiger partial charge in [-0.2, -0.15) is 19.9 Å². The molecule has 8 atom stereocenters. The molecular weight excluding hydrogens is 1580 g/mol. The number of methoxy groups -OCH3 is 1. The summed E-state index contributed by atoms with van der Waals surface area (Å²) in [7, 11) is 1.72. The predicted molar refractivity (Wildman–Crippen MR) is 510 cm³/mol. The van der Waals surface area contributed by atoms with Crippen molar-refractivity contribution >= 4 is 81.0 Å². The molecule has 4 saturated carbocycles. The Morgan fingerprint density at radius 1 is 0.408 bits per heavy atom. The second-order valence-corrected chi connectivity index (χ2v) is 37.8. The summed E-state index contributed by atoms with van der Waals surface area (Å²) in [6.07, 6.45) is 55.2. The number of nitrogens with zero attached hydrogens (tertiary/aromatic N) is 8. The van der Waals surface area contributed by atoms with E-state index in [-0.39, 0.29) is 70.2 Å². The van der Waals surface area contributed by atoms with Gasteiger partial charge in [0.1, 0.15) is 29.0 Å². The average molecular weight is 1700 g/mol. The van der Waals surface area contributed by atoms with Crippen LogP contribution in [0.2, 0.25) is 5.02 Å². The summed E-state index contributed by atoms with van der Waals surface area (Å²) in [5.74, 6) is 16.7. The molecule has 0 saturated heterocycles. The smallest absolute Gasteiger partial charge is 0.224 e. The second-order valence-electron chi connectivity index (χ2n) is 37.4. The lowest BCUT2D eigenvalue weighted by Gasteiger charge is -2.40. The quantitative estimate of drug-likeness (QED) is 0.0237. The molecule has 4 aromatic carbocycles. The van der Waals surface area contributed by atoms with Crippen LogP contribution in [0.3, 0.4) is 0 Å². The van der Waals surface area contributed by atoms with Gasteiger partial charge in [-0.15, -0.1) is 25.7 Å². The molecule has 8 aliphatic rings. The number of fused-ring (bicyclic) bond motifs is 4. The van der Waals surface area contributed by atoms with Crippen LogP contribution in [0.5, 0.6) is 5.75 Å². The highest BCUT2D eigenvalue weighted by atomic mass is 35.5. The molecule has 654 valence electrons. The molecule has 16 rings (SSSR count). The standard InChI is InChI=1S/C26H32N4O2.2C26H32N4O.C25H29ClN4O/c1-5-17-16-28-25(30-24(17)29-20-11-12-22(31)26(2,3)15-20)27-14-13-19-10-9-18-7-6-8-21(32-4)23(18)19;1-5-18-16-28-25(30-24(18)29-21-9-11-23(31)26(3,4)15-21)27-13-12-19-7-8-20-14-17(2)6-10-22(19)20;1-5-18-16-28-25(30-24(18)29-20-10-12-23(31)26(3,4)15-20)27-14-13-19-9-11-21-17(2)7-6-8-22(19)21;1-4-16-15-28-24(30-23(16)29-20-8-10-22(31)25(2,3)14-20)27-12-11-17-5-6-18-13-19(26)7-9-21(17)18/h1,6-8,10,16,20,22,31H,9,11-15H2,2-4H3,(H2,27,28,29,30);1,6-7,10,14,16,21,23,31H,8-9,11-13,15H2,2-4H3,(H2,27,28,29,30);1,6-9,16,20,23,31H,10-15H2,2-4H3,(H2,27,28,29,30);1,5,7,9,13,15,20,22,31H,6,8,10-12,14H2,2-3H3,(H2,27,28,29,30)/t20-,22+;21-,23+;20-,23+;20-,22+/m1111/s1. The first-order valence-corrected chi connectivity index (χ1v) is 44.9. The summed E-state index contributed by atoms with van der Waals surface area (Å²) in [4.78, 5) is 36.2. The molecule has 4 aromatic heterocycles. The Labute approximate surface area is 745 Å². The van der Waals surface area contributed by atoms with Crippen molar-refractivity contribution in [2.45, 2.75) is 246 Å². The molecule has 22 heteroatoms. The molecule has 125 heavy (non-hydrogen) atoms. The highest BCUT2D eigenvalue weighted by Crippen LogP contribution is 2.44. The number of terminal acetylenes is 4. The molecule has 4 heterocycles. The highest BCUT2D eigenvalue weighted by Gasteiger charge is 2.40. The van der Waals surface area contributed by atoms with Crippen LogP contribution in [0.1, 0.15) is 236 Å². The zero-order valence-electron chi connectivity index (χ0n) is 74.6. The number of aryl methyl sites for hydroxylation is 2. The highest BCUT2D eigenvalue weighted by molar-refractivity contribution is 6.30. The number of hydrogen-bond donors (Lipinski definition) is 12. The van der Waals surface area contributed by atoms with Crippen molar-refractivity contribution in [3.63, 3.8) is 0 Å². The van der Waals surface area contributed by atoms with Gasteiger partial charge in [-0.3, -0.25) is 0 Å². The van der Waals surface area contributed by atoms with Crippen LogP contribution in [0.25, 0.3) is 22.3 Å². The first-order chi connectivity index (χ1) is 60.0. The van der Waals surface area contributed by atoms with Gasteiger partial charge in [-0.1, -0.05) is 175 Å². The minimum absolute atomic E-state index is 0.121. The van der Waals surface area contributed by atoms with Crippen LogP contribution in [-0.2, 0) is 25.7 Å². The van der Waals surface area contributed by atoms with Crippen molar-refractivity contribution < 1.29 is 25.2 Å². The maximum atomic E-state index is 10.2. The number of aliphatic hydroxyl groups is 4. The van der Waals surface area contributed by atoms with Crippen molar-refractivity contribution in [1.29, 1.82) is 0 Å². The third kappa shape index (κ3) is 23.1. The molecule has 0 unspecified atom stereocenters. The molecule has 8 aliphatic carbocycles. The number of rotatable bonds is 25. The number of anilines is 8. The van der Waals surface area contributed by atoms with E-state index in [2.05, 4.69) is 248 Å². The lowest BCUT2D eigenvalue weighted by molar-refractivity contribution is 0.00924. The van der Waals surface area contributed by atoms with E-state index < -0.39 is 0 Å². The molecule has 0 bridgehead atoms. The van der Waals surface area contributed by atoms with E-state index in [4.69, 9.17) is 42.0 Å². The third-order valence-corrected chi connectivity index (χ3v) is 26.6. The summed E-state index contributed by atoms with van der Waals surface area (Å²) >= 11 is 6.10. The zero-order valence-corrected chi connectivity index (χ0v) is 75.4. The van der Waals surface area contributed by atoms with Gasteiger partial charge in [0, 0.05) is 60.9 Å². The lowest BCUT2D eigenvalue weighted by atomic mass is 9.73. The Bertz CT molecular complexity index is 5340. The number of aromatic nitrogens is 8. The van der Waals surface area contributed by atoms with Gasteiger partial charge in [0.05, 0.1) is 78.6 Å². The summed E-state index contributed by atoms with van der Waals surface area (Å²) < 4.78 is 5.56. The number of halogens is 1. The first-order valence-electron chi connectivity index (χ1n) is 44.5. The van der Waals surface area contributed by atoms with Gasteiger partial charge in [0.25, 0.3) is 0 Å². The lowest BCUT2D eigenvalue weighted by Crippen LogP contribution is -2.41. The number of aliphatic hydroxyl groups excluding tert-OH is 4. The predicted octanol–water partition coefficient (Wildman–Crippen LogP) is 18.3. The summed E-state index contributed by atoms with van der Waals surface area (Å²) in [6, 6.07) is 26.4. The molecule has 12 N–H and O–H groups in total. The van der Waals surface area contributed by atoms with Gasteiger partial charge in [0.2, 0.25) is 23.8 Å². The van der Waals surface area contributed by atoms with Crippen molar-refractivity contribution in [1.82, 2.24) is 39.9 Å². The Kier molecular flexibility index (Phi) is 29.8. The minimum Gasteiger partial charge on any atom is -0.496 e. The van der Waals surface area contributed by atoms with E-state index in [1.807, 2.05) is 24.3 Å². The molecule has 0 aliphatic heterocycles. The fraction of sp³-hybridized carbons (Fsp3) is 0.456. The normalized spacial score (nSPS) is 21.6. The van der Waals surface area contributed by atoms with Gasteiger partial charge >= 0.3 is 0 Å². The van der Waals surface area contributed by atoms with Gasteiger partial charge in [0.15, 0.2) is 0 Å². The summed E-state index contributed by atoms with van der Waals surface area (Å²) in [6.45, 7) is 24.1. The SMILES string of the molecule is C#Cc1cnc(NCCC2=CCc3c(C)cccc32)nc1N[C@@H]1CC[C@H](O)C(C)(C)C1.C#Cc1cnc(NCCC2=CCc3cc(C)ccc32)nc1N[C@@H]1CC[C@H](O)C(C)(C)C1.C#Cc1cnc(NCCC2=CCc3cc(Cl)ccc32)nc1N[C@@H]1CC[C@H](O)C(C)(C)C1.C#Cc1cnc(NCCC2=CCc3cccc(OC)c32)nc1N[C@@H]1CC[C@H](O)C(C)(C)C1. The van der Waals surface area contributed by atoms with Gasteiger partial charge < -0.3 is 67.7 Å². The Balaban J connectivity index is 0.000000143. The van der Waals surface area contributed by atoms with E-state index in [1.54, 1.807) is 31.9 Å². The first kappa shape index (κ1) is 91.4. The Morgan fingerprint density at radius 2 is 0.752 bits per heavy atom. The van der Waals surface area contributed by atoms with Crippen molar-refractivity contribution in [3.05, 3.63) is 205 Å². The number of benzene rings is 4. The van der Waals surface area contributed by atoms with Crippen LogP contribution < -0.4 is 47.3 Å². The van der Waals surface area contributed by atoms with Crippen molar-refractivity contribution in [3.8, 4) is 55.1 Å². The Hall–Kier alpha value is -11.3. The average Bonchev–Trinajstić information content (AvgIpc) is 1.53. The van der Waals surface area contributed by atoms with E-state index in [0.717, 1.165) is 159 Å². The maximum absolute atomic E-state index is 10.2. The maximum Gasteiger partial charge on any atom is 0.224 e. The van der Waals surface area contributed by atoms with Crippen LogP contribution >= 0.6 is 11.6 Å². The summed E-state index contributed by atoms with van der Waals surface area (Å²) in [5, 5.41) is 69.1. The number of ether oxygens (including phenoxy) is 1. The number of nitrogens with one attached hydrogen (secondary N) is 8. The fourth-order valence-corrected chi connectivity index (χ4v) is 19.0. The largest absolute Gasteiger partial charge is 0.496 e.